The van der Waals surface area contributed by atoms with Crippen molar-refractivity contribution in [3.05, 3.63) is 0 Å². The highest BCUT2D eigenvalue weighted by Gasteiger charge is 2.62. The predicted molar refractivity (Wildman–Crippen MR) is 127 cm³/mol. The van der Waals surface area contributed by atoms with E-state index >= 15 is 0 Å². The maximum Gasteiger partial charge on any atom is 0.771 e. The largest absolute Gasteiger partial charge is 0.771 e. The first-order chi connectivity index (χ1) is 14.9. The number of hydrogen-bond acceptors (Lipinski definition) is 7. The highest BCUT2D eigenvalue weighted by molar-refractivity contribution is 6.26. The maximum atomic E-state index is 13.0. The van der Waals surface area contributed by atoms with Crippen molar-refractivity contribution in [2.24, 2.45) is 0 Å². The maximum absolute atomic E-state index is 13.0. The van der Waals surface area contributed by atoms with E-state index in [9.17, 15) is 4.46 Å². The van der Waals surface area contributed by atoms with Crippen molar-refractivity contribution in [1.29, 1.82) is 0 Å². The second-order valence-electron chi connectivity index (χ2n) is 9.34. The molecular weight excluding hydrogens is 428 g/mol. The van der Waals surface area contributed by atoms with Crippen LogP contribution in [0.4, 0.5) is 0 Å². The number of unbranched alkanes of at least 4 members (excludes halogenated alkanes) is 4. The van der Waals surface area contributed by atoms with E-state index in [-0.39, 0.29) is 24.4 Å². The Morgan fingerprint density at radius 3 is 1.53 bits per heavy atom. The molecule has 0 heterocycles. The molecule has 0 aromatic heterocycles. The molecule has 0 saturated carbocycles. The lowest BCUT2D eigenvalue weighted by atomic mass is 10.0. The third-order valence-electron chi connectivity index (χ3n) is 4.40. The smallest absolute Gasteiger partial charge is 0.496 e. The molecule has 32 heavy (non-hydrogen) atoms. The van der Waals surface area contributed by atoms with Crippen LogP contribution in [0.25, 0.3) is 0 Å². The van der Waals surface area contributed by atoms with Crippen molar-refractivity contribution in [3.8, 4) is 0 Å². The van der Waals surface area contributed by atoms with Crippen molar-refractivity contribution in [3.63, 3.8) is 0 Å². The molecule has 0 fully saturated rings. The zero-order chi connectivity index (χ0) is 24.8. The van der Waals surface area contributed by atoms with Crippen LogP contribution >= 0.6 is 0 Å². The normalized spacial score (nSPS) is 12.9. The third-order valence-corrected chi connectivity index (χ3v) is 5.27. The van der Waals surface area contributed by atoms with Gasteiger partial charge in [0.1, 0.15) is 0 Å². The summed E-state index contributed by atoms with van der Waals surface area (Å²) >= 11 is 0. The summed E-state index contributed by atoms with van der Waals surface area (Å²) in [7, 11) is -2.96. The van der Waals surface area contributed by atoms with E-state index in [4.69, 9.17) is 27.8 Å². The molecule has 0 N–H and O–H groups in total. The van der Waals surface area contributed by atoms with Crippen LogP contribution < -0.4 is 0 Å². The molecule has 0 saturated heterocycles. The minimum atomic E-state index is -2.96. The molecule has 0 rings (SSSR count). The Morgan fingerprint density at radius 2 is 1.12 bits per heavy atom. The lowest BCUT2D eigenvalue weighted by Gasteiger charge is -2.49. The van der Waals surface area contributed by atoms with Crippen molar-refractivity contribution in [2.45, 2.75) is 150 Å². The summed E-state index contributed by atoms with van der Waals surface area (Å²) in [5.41, 5.74) is 0. The number of hydrogen-bond donors (Lipinski definition) is 0. The van der Waals surface area contributed by atoms with Gasteiger partial charge in [-0.1, -0.05) is 39.5 Å². The molecule has 0 aromatic rings. The Bertz CT molecular complexity index is 475. The first kappa shape index (κ1) is 31.5. The lowest BCUT2D eigenvalue weighted by molar-refractivity contribution is -0.501. The topological polar surface area (TPSA) is 72.5 Å². The first-order valence-corrected chi connectivity index (χ1v) is 13.7. The van der Waals surface area contributed by atoms with Gasteiger partial charge < -0.3 is 27.8 Å². The van der Waals surface area contributed by atoms with Gasteiger partial charge in [0.25, 0.3) is 5.79 Å². The molecule has 0 bridgehead atoms. The van der Waals surface area contributed by atoms with Gasteiger partial charge in [-0.15, -0.1) is 0 Å². The summed E-state index contributed by atoms with van der Waals surface area (Å²) in [6.45, 7) is 19.8. The van der Waals surface area contributed by atoms with Gasteiger partial charge in [-0.3, -0.25) is 4.46 Å². The fraction of sp³-hybridized carbons (Fsp3) is 1.00. The monoisotopic (exact) mass is 478 g/mol. The molecule has 0 aromatic carbocycles. The zero-order valence-corrected chi connectivity index (χ0v) is 23.3. The van der Waals surface area contributed by atoms with Gasteiger partial charge in [0, 0.05) is 6.42 Å². The Hall–Kier alpha value is -0.543. The summed E-state index contributed by atoms with van der Waals surface area (Å²) in [5, 5.41) is 0. The molecular formula is C24H50O7Si. The average molecular weight is 479 g/mol. The predicted octanol–water partition coefficient (Wildman–Crippen LogP) is 6.26. The summed E-state index contributed by atoms with van der Waals surface area (Å²) in [4.78, 5) is 0. The second-order valence-corrected chi connectivity index (χ2v) is 10.3. The molecule has 0 amide bonds. The number of rotatable bonds is 20. The second kappa shape index (κ2) is 16.1. The summed E-state index contributed by atoms with van der Waals surface area (Å²) < 4.78 is 50.0. The van der Waals surface area contributed by atoms with E-state index in [1.54, 1.807) is 0 Å². The van der Waals surface area contributed by atoms with Crippen molar-refractivity contribution >= 4 is 9.17 Å². The van der Waals surface area contributed by atoms with Gasteiger partial charge in [0.2, 0.25) is 0 Å². The van der Waals surface area contributed by atoms with Gasteiger partial charge in [0.15, 0.2) is 0 Å². The Labute approximate surface area is 198 Å². The fourth-order valence-corrected chi connectivity index (χ4v) is 4.23. The molecule has 0 radical (unpaired) electrons. The van der Waals surface area contributed by atoms with Crippen molar-refractivity contribution in [1.82, 2.24) is 0 Å². The molecule has 8 heteroatoms. The lowest BCUT2D eigenvalue weighted by Crippen LogP contribution is -2.66. The summed E-state index contributed by atoms with van der Waals surface area (Å²) in [6, 6.07) is 0. The van der Waals surface area contributed by atoms with Gasteiger partial charge in [-0.2, -0.15) is 0 Å². The quantitative estimate of drug-likeness (QED) is 0.116. The molecule has 192 valence electrons. The molecule has 7 nitrogen and oxygen atoms in total. The van der Waals surface area contributed by atoms with E-state index in [2.05, 4.69) is 13.8 Å². The Balaban J connectivity index is 6.22. The highest BCUT2D eigenvalue weighted by Crippen LogP contribution is 2.42. The van der Waals surface area contributed by atoms with Crippen LogP contribution in [0.3, 0.4) is 0 Å². The fourth-order valence-electron chi connectivity index (χ4n) is 3.39. The Morgan fingerprint density at radius 1 is 0.656 bits per heavy atom. The molecule has 0 spiro atoms. The highest BCUT2D eigenvalue weighted by atomic mass is 28.3. The van der Waals surface area contributed by atoms with E-state index < -0.39 is 20.9 Å². The van der Waals surface area contributed by atoms with Crippen LogP contribution in [0.2, 0.25) is 0 Å². The Kier molecular flexibility index (Phi) is 15.9. The van der Waals surface area contributed by atoms with Crippen molar-refractivity contribution < 1.29 is 32.3 Å². The summed E-state index contributed by atoms with van der Waals surface area (Å²) in [6.07, 6.45) is 5.20. The van der Waals surface area contributed by atoms with E-state index in [1.165, 1.54) is 0 Å². The van der Waals surface area contributed by atoms with Crippen LogP contribution in [0.15, 0.2) is 0 Å². The van der Waals surface area contributed by atoms with Crippen molar-refractivity contribution in [2.75, 3.05) is 6.61 Å². The van der Waals surface area contributed by atoms with Gasteiger partial charge in [-0.05, 0) is 68.2 Å². The standard InChI is InChI=1S/C24H50O7Si/c1-11-13-15-16-18-26-32(25)31-24(29-21(7)8,30-22(9)10)23(17-14-12-2,27-19(3)4)28-20(5)6/h19-22H,11-18H2,1-10H3. The average Bonchev–Trinajstić information content (AvgIpc) is 2.63. The van der Waals surface area contributed by atoms with Crippen LogP contribution in [-0.2, 0) is 32.3 Å². The summed E-state index contributed by atoms with van der Waals surface area (Å²) in [5.74, 6) is -3.27. The SMILES string of the molecule is CCCCCCO[Si](=O)OC(OC(C)C)(OC(C)C)C(CCCC)(OC(C)C)OC(C)C. The van der Waals surface area contributed by atoms with Crippen LogP contribution in [-0.4, -0.2) is 52.0 Å². The third kappa shape index (κ3) is 11.5. The molecule has 0 aliphatic rings. The minimum Gasteiger partial charge on any atom is -0.496 e. The van der Waals surface area contributed by atoms with Gasteiger partial charge >= 0.3 is 15.1 Å². The van der Waals surface area contributed by atoms with Gasteiger partial charge in [-0.25, -0.2) is 0 Å². The zero-order valence-electron chi connectivity index (χ0n) is 22.3. The van der Waals surface area contributed by atoms with Gasteiger partial charge in [0.05, 0.1) is 31.0 Å². The first-order valence-electron chi connectivity index (χ1n) is 12.5. The van der Waals surface area contributed by atoms with E-state index in [1.807, 2.05) is 55.4 Å². The van der Waals surface area contributed by atoms with Crippen LogP contribution in [0, 0.1) is 0 Å². The van der Waals surface area contributed by atoms with E-state index in [0.717, 1.165) is 38.5 Å². The molecule has 0 aliphatic carbocycles. The molecule has 0 atom stereocenters. The van der Waals surface area contributed by atoms with E-state index in [0.29, 0.717) is 13.0 Å². The molecule has 0 aliphatic heterocycles. The van der Waals surface area contributed by atoms with Crippen LogP contribution in [0.1, 0.15) is 114 Å². The minimum absolute atomic E-state index is 0.211. The number of ether oxygens (including phenoxy) is 4. The van der Waals surface area contributed by atoms with Crippen LogP contribution in [0.5, 0.6) is 0 Å². The molecule has 0 unspecified atom stereocenters.